The summed E-state index contributed by atoms with van der Waals surface area (Å²) in [7, 11) is 0.415. The molecule has 1 amide bonds. The van der Waals surface area contributed by atoms with E-state index in [0.717, 1.165) is 22.5 Å². The highest BCUT2D eigenvalue weighted by atomic mass is 32.2. The molecule has 0 aromatic heterocycles. The van der Waals surface area contributed by atoms with Gasteiger partial charge < -0.3 is 15.5 Å². The minimum atomic E-state index is -3.42. The van der Waals surface area contributed by atoms with Gasteiger partial charge in [0.1, 0.15) is 0 Å². The zero-order valence-electron chi connectivity index (χ0n) is 20.2. The molecule has 182 valence electrons. The predicted octanol–water partition coefficient (Wildman–Crippen LogP) is 4.34. The van der Waals surface area contributed by atoms with Crippen LogP contribution < -0.4 is 14.9 Å². The van der Waals surface area contributed by atoms with Crippen molar-refractivity contribution in [3.63, 3.8) is 0 Å². The van der Waals surface area contributed by atoms with Gasteiger partial charge in [-0.05, 0) is 56.9 Å². The lowest BCUT2D eigenvalue weighted by molar-refractivity contribution is -0.110. The van der Waals surface area contributed by atoms with Crippen LogP contribution in [0.15, 0.2) is 78.9 Å². The number of sulfonamides is 1. The van der Waals surface area contributed by atoms with Gasteiger partial charge in [-0.2, -0.15) is 0 Å². The second kappa shape index (κ2) is 10.3. The second-order valence-electron chi connectivity index (χ2n) is 8.56. The van der Waals surface area contributed by atoms with E-state index in [-0.39, 0.29) is 11.7 Å². The molecule has 4 rings (SSSR count). The molecular formula is C27H30N4O3S. The fourth-order valence-electron chi connectivity index (χ4n) is 3.98. The Hall–Kier alpha value is -3.62. The van der Waals surface area contributed by atoms with Crippen LogP contribution in [0.3, 0.4) is 0 Å². The van der Waals surface area contributed by atoms with Crippen molar-refractivity contribution in [2.45, 2.75) is 6.92 Å². The van der Waals surface area contributed by atoms with Crippen molar-refractivity contribution < 1.29 is 13.2 Å². The minimum Gasteiger partial charge on any atom is -0.354 e. The number of fused-ring (bicyclic) bond motifs is 1. The maximum absolute atomic E-state index is 13.0. The van der Waals surface area contributed by atoms with Crippen LogP contribution in [-0.4, -0.2) is 52.2 Å². The van der Waals surface area contributed by atoms with Crippen LogP contribution in [0.1, 0.15) is 18.1 Å². The van der Waals surface area contributed by atoms with Gasteiger partial charge >= 0.3 is 0 Å². The Balaban J connectivity index is 1.71. The molecule has 0 fully saturated rings. The Morgan fingerprint density at radius 3 is 2.20 bits per heavy atom. The quantitative estimate of drug-likeness (QED) is 0.436. The predicted molar refractivity (Wildman–Crippen MR) is 144 cm³/mol. The van der Waals surface area contributed by atoms with E-state index in [1.54, 1.807) is 19.1 Å². The van der Waals surface area contributed by atoms with Crippen LogP contribution in [0.25, 0.3) is 11.3 Å². The number of carbonyl (C=O) groups is 1. The van der Waals surface area contributed by atoms with Crippen LogP contribution >= 0.6 is 0 Å². The van der Waals surface area contributed by atoms with E-state index in [2.05, 4.69) is 10.6 Å². The van der Waals surface area contributed by atoms with Crippen molar-refractivity contribution in [3.8, 4) is 0 Å². The molecule has 35 heavy (non-hydrogen) atoms. The van der Waals surface area contributed by atoms with Gasteiger partial charge in [-0.15, -0.1) is 0 Å². The van der Waals surface area contributed by atoms with Gasteiger partial charge in [0.05, 0.1) is 22.7 Å². The Morgan fingerprint density at radius 1 is 0.886 bits per heavy atom. The van der Waals surface area contributed by atoms with Crippen molar-refractivity contribution in [1.82, 2.24) is 4.90 Å². The minimum absolute atomic E-state index is 0.0270. The molecule has 1 aliphatic heterocycles. The van der Waals surface area contributed by atoms with E-state index in [1.165, 1.54) is 4.31 Å². The van der Waals surface area contributed by atoms with Crippen LogP contribution in [-0.2, 0) is 14.8 Å². The van der Waals surface area contributed by atoms with E-state index in [4.69, 9.17) is 0 Å². The first-order valence-electron chi connectivity index (χ1n) is 11.5. The number of anilines is 3. The molecule has 8 heteroatoms. The van der Waals surface area contributed by atoms with Gasteiger partial charge in [0.2, 0.25) is 10.0 Å². The van der Waals surface area contributed by atoms with Crippen LogP contribution in [0.4, 0.5) is 17.1 Å². The van der Waals surface area contributed by atoms with Crippen molar-refractivity contribution >= 4 is 44.3 Å². The normalized spacial score (nSPS) is 14.5. The van der Waals surface area contributed by atoms with Crippen molar-refractivity contribution in [2.24, 2.45) is 0 Å². The zero-order chi connectivity index (χ0) is 25.0. The van der Waals surface area contributed by atoms with Crippen molar-refractivity contribution in [2.75, 3.05) is 47.9 Å². The summed E-state index contributed by atoms with van der Waals surface area (Å²) in [5.74, 6) is -0.141. The molecule has 3 aromatic rings. The van der Waals surface area contributed by atoms with Crippen LogP contribution in [0.2, 0.25) is 0 Å². The Labute approximate surface area is 207 Å². The van der Waals surface area contributed by atoms with Crippen molar-refractivity contribution in [3.05, 3.63) is 90.0 Å². The molecule has 0 radical (unpaired) electrons. The molecule has 0 saturated carbocycles. The monoisotopic (exact) mass is 490 g/mol. The van der Waals surface area contributed by atoms with E-state index < -0.39 is 10.0 Å². The highest BCUT2D eigenvalue weighted by molar-refractivity contribution is 7.92. The molecule has 1 aliphatic rings. The molecule has 0 spiro atoms. The summed E-state index contributed by atoms with van der Waals surface area (Å²) in [5.41, 5.74) is 5.10. The third kappa shape index (κ3) is 5.39. The highest BCUT2D eigenvalue weighted by Gasteiger charge is 2.28. The molecule has 0 saturated heterocycles. The number of likely N-dealkylation sites (N-methyl/N-ethyl adjacent to an activating group) is 1. The van der Waals surface area contributed by atoms with Gasteiger partial charge in [0.25, 0.3) is 5.91 Å². The summed E-state index contributed by atoms with van der Waals surface area (Å²) in [6.45, 7) is 2.63. The topological polar surface area (TPSA) is 81.8 Å². The number of para-hydroxylation sites is 1. The first kappa shape index (κ1) is 24.5. The molecule has 3 aromatic carbocycles. The SMILES string of the molecule is CCS(=O)(=O)N(CCN(C)C)c1ccc(NC(=C2C(=O)Nc3ccccc32)c2ccccc2)cc1. The summed E-state index contributed by atoms with van der Waals surface area (Å²) < 4.78 is 26.9. The number of nitrogens with one attached hydrogen (secondary N) is 2. The summed E-state index contributed by atoms with van der Waals surface area (Å²) in [6, 6.07) is 24.6. The largest absolute Gasteiger partial charge is 0.354 e. The summed E-state index contributed by atoms with van der Waals surface area (Å²) in [6.07, 6.45) is 0. The second-order valence-corrected chi connectivity index (χ2v) is 10.7. The van der Waals surface area contributed by atoms with Gasteiger partial charge in [0, 0.05) is 30.0 Å². The first-order valence-corrected chi connectivity index (χ1v) is 13.1. The Bertz CT molecular complexity index is 1330. The number of hydrogen-bond donors (Lipinski definition) is 2. The molecule has 0 unspecified atom stereocenters. The number of rotatable bonds is 9. The lowest BCUT2D eigenvalue weighted by Crippen LogP contribution is -2.37. The summed E-state index contributed by atoms with van der Waals surface area (Å²) in [5, 5.41) is 6.36. The van der Waals surface area contributed by atoms with Crippen LogP contribution in [0, 0.1) is 0 Å². The molecule has 1 heterocycles. The fraction of sp³-hybridized carbons (Fsp3) is 0.222. The molecule has 2 N–H and O–H groups in total. The van der Waals surface area contributed by atoms with Gasteiger partial charge in [-0.25, -0.2) is 8.42 Å². The fourth-order valence-corrected chi connectivity index (χ4v) is 5.09. The molecule has 0 aliphatic carbocycles. The maximum atomic E-state index is 13.0. The smallest absolute Gasteiger partial charge is 0.258 e. The number of amides is 1. The zero-order valence-corrected chi connectivity index (χ0v) is 21.0. The summed E-state index contributed by atoms with van der Waals surface area (Å²) in [4.78, 5) is 14.9. The lowest BCUT2D eigenvalue weighted by Gasteiger charge is -2.25. The number of nitrogens with zero attached hydrogens (tertiary/aromatic N) is 2. The van der Waals surface area contributed by atoms with Crippen LogP contribution in [0.5, 0.6) is 0 Å². The molecule has 7 nitrogen and oxygen atoms in total. The average Bonchev–Trinajstić information content (AvgIpc) is 3.19. The number of hydrogen-bond acceptors (Lipinski definition) is 5. The summed E-state index contributed by atoms with van der Waals surface area (Å²) >= 11 is 0. The Kier molecular flexibility index (Phi) is 7.23. The third-order valence-electron chi connectivity index (χ3n) is 5.86. The van der Waals surface area contributed by atoms with E-state index in [0.29, 0.717) is 30.0 Å². The van der Waals surface area contributed by atoms with Crippen molar-refractivity contribution in [1.29, 1.82) is 0 Å². The standard InChI is InChI=1S/C27H30N4O3S/c1-4-35(33,34)31(19-18-30(2)3)22-16-14-21(15-17-22)28-26(20-10-6-5-7-11-20)25-23-12-8-9-13-24(23)29-27(25)32/h5-17,28H,4,18-19H2,1-3H3,(H,29,32). The Morgan fingerprint density at radius 2 is 1.54 bits per heavy atom. The molecule has 0 atom stereocenters. The third-order valence-corrected chi connectivity index (χ3v) is 7.65. The van der Waals surface area contributed by atoms with Gasteiger partial charge in [-0.1, -0.05) is 48.5 Å². The number of carbonyl (C=O) groups excluding carboxylic acids is 1. The van der Waals surface area contributed by atoms with Gasteiger partial charge in [-0.3, -0.25) is 9.10 Å². The molecule has 0 bridgehead atoms. The molecular weight excluding hydrogens is 460 g/mol. The average molecular weight is 491 g/mol. The lowest BCUT2D eigenvalue weighted by atomic mass is 10.00. The number of benzene rings is 3. The maximum Gasteiger partial charge on any atom is 0.258 e. The van der Waals surface area contributed by atoms with Gasteiger partial charge in [0.15, 0.2) is 0 Å². The van der Waals surface area contributed by atoms with E-state index >= 15 is 0 Å². The first-order chi connectivity index (χ1) is 16.8. The van der Waals surface area contributed by atoms with E-state index in [9.17, 15) is 13.2 Å². The van der Waals surface area contributed by atoms with E-state index in [1.807, 2.05) is 85.7 Å². The highest BCUT2D eigenvalue weighted by Crippen LogP contribution is 2.37.